The monoisotopic (exact) mass is 294 g/mol. The van der Waals surface area contributed by atoms with Crippen molar-refractivity contribution in [3.05, 3.63) is 21.4 Å². The zero-order chi connectivity index (χ0) is 15.4. The summed E-state index contributed by atoms with van der Waals surface area (Å²) >= 11 is 0. The minimum absolute atomic E-state index is 0.106. The van der Waals surface area contributed by atoms with Gasteiger partial charge in [-0.1, -0.05) is 0 Å². The maximum atomic E-state index is 11.4. The van der Waals surface area contributed by atoms with Crippen LogP contribution in [0.5, 0.6) is 0 Å². The Morgan fingerprint density at radius 3 is 2.76 bits per heavy atom. The van der Waals surface area contributed by atoms with Crippen LogP contribution in [-0.4, -0.2) is 43.2 Å². The van der Waals surface area contributed by atoms with E-state index in [4.69, 9.17) is 5.11 Å². The number of hydrogen-bond donors (Lipinski definition) is 2. The van der Waals surface area contributed by atoms with Crippen LogP contribution < -0.4 is 5.32 Å². The second-order valence-corrected chi connectivity index (χ2v) is 4.82. The maximum absolute atomic E-state index is 11.4. The van der Waals surface area contributed by atoms with Crippen LogP contribution in [0.4, 0.5) is 11.4 Å². The Balaban J connectivity index is 2.34. The normalized spacial score (nSPS) is 11.0. The van der Waals surface area contributed by atoms with Crippen molar-refractivity contribution in [1.29, 1.82) is 0 Å². The third kappa shape index (κ3) is 2.92. The predicted octanol–water partition coefficient (Wildman–Crippen LogP) is 1.22. The van der Waals surface area contributed by atoms with Crippen molar-refractivity contribution in [2.45, 2.75) is 33.1 Å². The van der Waals surface area contributed by atoms with E-state index in [1.807, 2.05) is 6.92 Å². The molecule has 2 heterocycles. The number of nitrogens with one attached hydrogen (secondary N) is 1. The number of anilines is 1. The summed E-state index contributed by atoms with van der Waals surface area (Å²) in [5, 5.41) is 34.2. The number of aliphatic hydroxyl groups excluding tert-OH is 1. The molecular weight excluding hydrogens is 276 g/mol. The fraction of sp³-hybridized carbons (Fsp3) is 0.583. The average molecular weight is 294 g/mol. The molecule has 0 aliphatic carbocycles. The van der Waals surface area contributed by atoms with E-state index in [2.05, 4.69) is 20.8 Å². The van der Waals surface area contributed by atoms with E-state index in [9.17, 15) is 10.1 Å². The Bertz CT molecular complexity index is 654. The van der Waals surface area contributed by atoms with E-state index < -0.39 is 4.92 Å². The summed E-state index contributed by atoms with van der Waals surface area (Å²) in [6.07, 6.45) is 2.42. The predicted molar refractivity (Wildman–Crippen MR) is 76.3 cm³/mol. The zero-order valence-electron chi connectivity index (χ0n) is 12.0. The average Bonchev–Trinajstić information content (AvgIpc) is 2.92. The number of aryl methyl sites for hydroxylation is 1. The smallest absolute Gasteiger partial charge is 0.338 e. The van der Waals surface area contributed by atoms with Gasteiger partial charge in [0.25, 0.3) is 5.65 Å². The standard InChI is InChI=1S/C12H18N6O3/c1-8-9(2)17-12(14-15-16-17)11(18(20)21)10(8)13-6-4-3-5-7-19/h13,19H,3-7H2,1-2H3. The molecule has 2 aromatic rings. The largest absolute Gasteiger partial charge is 0.396 e. The zero-order valence-corrected chi connectivity index (χ0v) is 12.0. The molecule has 0 saturated heterocycles. The summed E-state index contributed by atoms with van der Waals surface area (Å²) in [5.74, 6) is 0. The van der Waals surface area contributed by atoms with Crippen LogP contribution in [0, 0.1) is 24.0 Å². The molecule has 114 valence electrons. The van der Waals surface area contributed by atoms with E-state index in [1.54, 1.807) is 6.92 Å². The molecule has 0 atom stereocenters. The molecule has 9 heteroatoms. The molecule has 0 bridgehead atoms. The van der Waals surface area contributed by atoms with Crippen LogP contribution >= 0.6 is 0 Å². The molecule has 0 aromatic carbocycles. The second kappa shape index (κ2) is 6.44. The number of unbranched alkanes of at least 4 members (excludes halogenated alkanes) is 2. The van der Waals surface area contributed by atoms with Gasteiger partial charge in [-0.05, 0) is 43.5 Å². The van der Waals surface area contributed by atoms with Gasteiger partial charge in [0.2, 0.25) is 0 Å². The molecule has 0 unspecified atom stereocenters. The Morgan fingerprint density at radius 1 is 1.33 bits per heavy atom. The number of aromatic nitrogens is 4. The van der Waals surface area contributed by atoms with E-state index >= 15 is 0 Å². The van der Waals surface area contributed by atoms with Crippen molar-refractivity contribution in [3.63, 3.8) is 0 Å². The number of tetrazole rings is 1. The SMILES string of the molecule is Cc1c(NCCCCCO)c([N+](=O)[O-])c2nnnn2c1C. The van der Waals surface area contributed by atoms with Gasteiger partial charge in [-0.2, -0.15) is 4.52 Å². The molecule has 2 aromatic heterocycles. The third-order valence-electron chi connectivity index (χ3n) is 3.47. The number of aliphatic hydroxyl groups is 1. The molecule has 9 nitrogen and oxygen atoms in total. The first kappa shape index (κ1) is 15.1. The lowest BCUT2D eigenvalue weighted by molar-refractivity contribution is -0.382. The number of rotatable bonds is 7. The summed E-state index contributed by atoms with van der Waals surface area (Å²) in [5.41, 5.74) is 2.01. The summed E-state index contributed by atoms with van der Waals surface area (Å²) in [4.78, 5) is 10.9. The van der Waals surface area contributed by atoms with Gasteiger partial charge in [0.15, 0.2) is 0 Å². The number of nitro groups is 1. The number of nitrogens with zero attached hydrogens (tertiary/aromatic N) is 5. The molecular formula is C12H18N6O3. The van der Waals surface area contributed by atoms with Crippen molar-refractivity contribution in [2.24, 2.45) is 0 Å². The lowest BCUT2D eigenvalue weighted by atomic mass is 10.1. The Hall–Kier alpha value is -2.29. The lowest BCUT2D eigenvalue weighted by Gasteiger charge is -2.12. The molecule has 0 aliphatic heterocycles. The molecule has 2 rings (SSSR count). The second-order valence-electron chi connectivity index (χ2n) is 4.82. The first-order chi connectivity index (χ1) is 10.1. The van der Waals surface area contributed by atoms with Crippen LogP contribution in [-0.2, 0) is 0 Å². The number of hydrogen-bond acceptors (Lipinski definition) is 7. The number of pyridine rings is 1. The highest BCUT2D eigenvalue weighted by Gasteiger charge is 2.26. The van der Waals surface area contributed by atoms with Gasteiger partial charge < -0.3 is 10.4 Å². The highest BCUT2D eigenvalue weighted by molar-refractivity contribution is 5.78. The van der Waals surface area contributed by atoms with E-state index in [-0.39, 0.29) is 17.9 Å². The molecule has 0 amide bonds. The maximum Gasteiger partial charge on any atom is 0.338 e. The molecule has 0 aliphatic rings. The van der Waals surface area contributed by atoms with Crippen molar-refractivity contribution >= 4 is 17.0 Å². The first-order valence-corrected chi connectivity index (χ1v) is 6.78. The molecule has 2 N–H and O–H groups in total. The van der Waals surface area contributed by atoms with Crippen molar-refractivity contribution in [3.8, 4) is 0 Å². The Morgan fingerprint density at radius 2 is 2.10 bits per heavy atom. The summed E-state index contributed by atoms with van der Waals surface area (Å²) in [6, 6.07) is 0. The van der Waals surface area contributed by atoms with Gasteiger partial charge in [-0.3, -0.25) is 10.1 Å². The van der Waals surface area contributed by atoms with Crippen molar-refractivity contribution in [1.82, 2.24) is 20.0 Å². The topological polar surface area (TPSA) is 118 Å². The van der Waals surface area contributed by atoms with E-state index in [0.717, 1.165) is 30.5 Å². The van der Waals surface area contributed by atoms with Gasteiger partial charge in [0.1, 0.15) is 5.69 Å². The molecule has 0 spiro atoms. The van der Waals surface area contributed by atoms with Gasteiger partial charge in [-0.15, -0.1) is 5.10 Å². The minimum atomic E-state index is -0.464. The summed E-state index contributed by atoms with van der Waals surface area (Å²) in [7, 11) is 0. The van der Waals surface area contributed by atoms with Crippen LogP contribution in [0.2, 0.25) is 0 Å². The van der Waals surface area contributed by atoms with Gasteiger partial charge >= 0.3 is 5.69 Å². The highest BCUT2D eigenvalue weighted by Crippen LogP contribution is 2.33. The first-order valence-electron chi connectivity index (χ1n) is 6.78. The minimum Gasteiger partial charge on any atom is -0.396 e. The van der Waals surface area contributed by atoms with Crippen molar-refractivity contribution < 1.29 is 10.0 Å². The van der Waals surface area contributed by atoms with Gasteiger partial charge in [-0.25, -0.2) is 0 Å². The summed E-state index contributed by atoms with van der Waals surface area (Å²) in [6.45, 7) is 4.38. The summed E-state index contributed by atoms with van der Waals surface area (Å²) < 4.78 is 1.38. The van der Waals surface area contributed by atoms with Gasteiger partial charge in [0, 0.05) is 24.4 Å². The lowest BCUT2D eigenvalue weighted by Crippen LogP contribution is -2.10. The molecule has 21 heavy (non-hydrogen) atoms. The third-order valence-corrected chi connectivity index (χ3v) is 3.47. The Kier molecular flexibility index (Phi) is 4.63. The highest BCUT2D eigenvalue weighted by atomic mass is 16.6. The molecule has 0 saturated carbocycles. The quantitative estimate of drug-likeness (QED) is 0.447. The van der Waals surface area contributed by atoms with Crippen molar-refractivity contribution in [2.75, 3.05) is 18.5 Å². The van der Waals surface area contributed by atoms with Crippen LogP contribution in [0.25, 0.3) is 5.65 Å². The number of fused-ring (bicyclic) bond motifs is 1. The van der Waals surface area contributed by atoms with E-state index in [1.165, 1.54) is 4.52 Å². The fourth-order valence-electron chi connectivity index (χ4n) is 2.21. The van der Waals surface area contributed by atoms with Crippen LogP contribution in [0.3, 0.4) is 0 Å². The van der Waals surface area contributed by atoms with Gasteiger partial charge in [0.05, 0.1) is 4.92 Å². The van der Waals surface area contributed by atoms with Crippen LogP contribution in [0.1, 0.15) is 30.5 Å². The Labute approximate surface area is 121 Å². The molecule has 0 fully saturated rings. The molecule has 0 radical (unpaired) electrons. The fourth-order valence-corrected chi connectivity index (χ4v) is 2.21. The van der Waals surface area contributed by atoms with E-state index in [0.29, 0.717) is 12.2 Å². The van der Waals surface area contributed by atoms with Crippen LogP contribution in [0.15, 0.2) is 0 Å².